The summed E-state index contributed by atoms with van der Waals surface area (Å²) in [5.41, 5.74) is 1.93. The van der Waals surface area contributed by atoms with Crippen molar-refractivity contribution in [1.82, 2.24) is 5.32 Å². The van der Waals surface area contributed by atoms with Crippen molar-refractivity contribution in [2.75, 3.05) is 6.54 Å². The van der Waals surface area contributed by atoms with Crippen LogP contribution in [0.4, 0.5) is 0 Å². The molecule has 0 heterocycles. The Morgan fingerprint density at radius 2 is 1.70 bits per heavy atom. The minimum absolute atomic E-state index is 0.438. The van der Waals surface area contributed by atoms with Gasteiger partial charge >= 0.3 is 0 Å². The van der Waals surface area contributed by atoms with E-state index >= 15 is 0 Å². The van der Waals surface area contributed by atoms with Gasteiger partial charge in [0.05, 0.1) is 0 Å². The molecule has 112 valence electrons. The van der Waals surface area contributed by atoms with Crippen LogP contribution in [0.2, 0.25) is 0 Å². The number of rotatable bonds is 6. The summed E-state index contributed by atoms with van der Waals surface area (Å²) in [5.74, 6) is 0.804. The van der Waals surface area contributed by atoms with E-state index in [9.17, 15) is 0 Å². The van der Waals surface area contributed by atoms with Crippen LogP contribution in [0.15, 0.2) is 28.7 Å². The second-order valence-corrected chi connectivity index (χ2v) is 7.87. The summed E-state index contributed by atoms with van der Waals surface area (Å²) >= 11 is 3.50. The number of halogens is 1. The molecule has 1 saturated carbocycles. The summed E-state index contributed by atoms with van der Waals surface area (Å²) < 4.78 is 1.15. The van der Waals surface area contributed by atoms with Gasteiger partial charge in [0, 0.05) is 17.1 Å². The minimum Gasteiger partial charge on any atom is -0.310 e. The van der Waals surface area contributed by atoms with Gasteiger partial charge in [-0.05, 0) is 55.2 Å². The van der Waals surface area contributed by atoms with Gasteiger partial charge in [-0.15, -0.1) is 0 Å². The second-order valence-electron chi connectivity index (χ2n) is 6.96. The normalized spacial score (nSPS) is 19.4. The maximum Gasteiger partial charge on any atom is 0.0292 e. The van der Waals surface area contributed by atoms with E-state index in [4.69, 9.17) is 0 Å². The van der Waals surface area contributed by atoms with Crippen LogP contribution in [-0.2, 0) is 0 Å². The highest BCUT2D eigenvalue weighted by Crippen LogP contribution is 2.43. The molecule has 1 N–H and O–H groups in total. The number of benzene rings is 1. The zero-order valence-electron chi connectivity index (χ0n) is 13.1. The topological polar surface area (TPSA) is 12.0 Å². The summed E-state index contributed by atoms with van der Waals surface area (Å²) in [6.45, 7) is 8.17. The third-order valence-electron chi connectivity index (χ3n) is 4.66. The predicted molar refractivity (Wildman–Crippen MR) is 90.9 cm³/mol. The van der Waals surface area contributed by atoms with Crippen molar-refractivity contribution in [3.05, 3.63) is 34.3 Å². The zero-order chi connectivity index (χ0) is 14.6. The zero-order valence-corrected chi connectivity index (χ0v) is 14.7. The highest BCUT2D eigenvalue weighted by atomic mass is 79.9. The molecule has 1 nitrogen and oxygen atoms in total. The SMILES string of the molecule is CC(C)CC1(CNC(C)c2ccc(Br)cc2)CCCC1. The number of hydrogen-bond acceptors (Lipinski definition) is 1. The Kier molecular flexibility index (Phi) is 5.68. The molecule has 0 amide bonds. The van der Waals surface area contributed by atoms with Gasteiger partial charge in [-0.3, -0.25) is 0 Å². The van der Waals surface area contributed by atoms with E-state index < -0.39 is 0 Å². The van der Waals surface area contributed by atoms with Crippen molar-refractivity contribution in [2.45, 2.75) is 58.9 Å². The van der Waals surface area contributed by atoms with Gasteiger partial charge in [0.2, 0.25) is 0 Å². The Hall–Kier alpha value is -0.340. The molecule has 1 aromatic carbocycles. The molecule has 2 heteroatoms. The highest BCUT2D eigenvalue weighted by molar-refractivity contribution is 9.10. The standard InChI is InChI=1S/C18H28BrN/c1-14(2)12-18(10-4-5-11-18)13-20-15(3)16-6-8-17(19)9-7-16/h6-9,14-15,20H,4-5,10-13H2,1-3H3. The van der Waals surface area contributed by atoms with E-state index in [0.29, 0.717) is 11.5 Å². The lowest BCUT2D eigenvalue weighted by Gasteiger charge is -2.33. The van der Waals surface area contributed by atoms with Gasteiger partial charge in [-0.2, -0.15) is 0 Å². The van der Waals surface area contributed by atoms with Crippen LogP contribution in [0.25, 0.3) is 0 Å². The molecule has 1 aliphatic carbocycles. The second kappa shape index (κ2) is 7.09. The number of nitrogens with one attached hydrogen (secondary N) is 1. The Morgan fingerprint density at radius 1 is 1.10 bits per heavy atom. The summed E-state index contributed by atoms with van der Waals surface area (Å²) in [6.07, 6.45) is 7.02. The molecule has 0 aromatic heterocycles. The Morgan fingerprint density at radius 3 is 2.25 bits per heavy atom. The molecule has 1 unspecified atom stereocenters. The first-order chi connectivity index (χ1) is 9.51. The molecule has 1 aromatic rings. The van der Waals surface area contributed by atoms with E-state index in [1.165, 1.54) is 44.2 Å². The van der Waals surface area contributed by atoms with Crippen LogP contribution in [-0.4, -0.2) is 6.54 Å². The van der Waals surface area contributed by atoms with E-state index in [1.807, 2.05) is 0 Å². The van der Waals surface area contributed by atoms with Crippen LogP contribution in [0.1, 0.15) is 64.5 Å². The molecule has 2 rings (SSSR count). The largest absolute Gasteiger partial charge is 0.310 e. The number of hydrogen-bond donors (Lipinski definition) is 1. The monoisotopic (exact) mass is 337 g/mol. The Labute approximate surface area is 132 Å². The van der Waals surface area contributed by atoms with Crippen molar-refractivity contribution in [3.8, 4) is 0 Å². The average molecular weight is 338 g/mol. The lowest BCUT2D eigenvalue weighted by Crippen LogP contribution is -2.34. The van der Waals surface area contributed by atoms with Crippen molar-refractivity contribution >= 4 is 15.9 Å². The van der Waals surface area contributed by atoms with E-state index in [-0.39, 0.29) is 0 Å². The molecule has 0 spiro atoms. The average Bonchev–Trinajstić information content (AvgIpc) is 2.85. The lowest BCUT2D eigenvalue weighted by molar-refractivity contribution is 0.217. The molecular weight excluding hydrogens is 310 g/mol. The molecular formula is C18H28BrN. The maximum absolute atomic E-state index is 3.79. The first kappa shape index (κ1) is 16.0. The molecule has 0 aliphatic heterocycles. The third-order valence-corrected chi connectivity index (χ3v) is 5.19. The molecule has 1 fully saturated rings. The third kappa shape index (κ3) is 4.33. The molecule has 20 heavy (non-hydrogen) atoms. The molecule has 0 saturated heterocycles. The summed E-state index contributed by atoms with van der Waals surface area (Å²) in [4.78, 5) is 0. The van der Waals surface area contributed by atoms with Gasteiger partial charge < -0.3 is 5.32 Å². The Balaban J connectivity index is 1.93. The maximum atomic E-state index is 3.79. The highest BCUT2D eigenvalue weighted by Gasteiger charge is 2.34. The van der Waals surface area contributed by atoms with Gasteiger partial charge in [0.25, 0.3) is 0 Å². The van der Waals surface area contributed by atoms with E-state index in [2.05, 4.69) is 66.3 Å². The first-order valence-electron chi connectivity index (χ1n) is 8.00. The quantitative estimate of drug-likeness (QED) is 0.701. The van der Waals surface area contributed by atoms with Crippen LogP contribution in [0, 0.1) is 11.3 Å². The first-order valence-corrected chi connectivity index (χ1v) is 8.79. The summed E-state index contributed by atoms with van der Waals surface area (Å²) in [6, 6.07) is 9.13. The van der Waals surface area contributed by atoms with Gasteiger partial charge in [-0.25, -0.2) is 0 Å². The van der Waals surface area contributed by atoms with Crippen molar-refractivity contribution < 1.29 is 0 Å². The molecule has 1 atom stereocenters. The van der Waals surface area contributed by atoms with Gasteiger partial charge in [0.1, 0.15) is 0 Å². The van der Waals surface area contributed by atoms with E-state index in [0.717, 1.165) is 10.4 Å². The summed E-state index contributed by atoms with van der Waals surface area (Å²) in [5, 5.41) is 3.79. The Bertz CT molecular complexity index is 404. The fraction of sp³-hybridized carbons (Fsp3) is 0.667. The fourth-order valence-corrected chi connectivity index (χ4v) is 3.95. The van der Waals surface area contributed by atoms with Crippen LogP contribution in [0.3, 0.4) is 0 Å². The lowest BCUT2D eigenvalue weighted by atomic mass is 9.78. The molecule has 1 aliphatic rings. The van der Waals surface area contributed by atoms with Crippen molar-refractivity contribution in [3.63, 3.8) is 0 Å². The van der Waals surface area contributed by atoms with Gasteiger partial charge in [0.15, 0.2) is 0 Å². The minimum atomic E-state index is 0.438. The van der Waals surface area contributed by atoms with Crippen LogP contribution >= 0.6 is 15.9 Å². The smallest absolute Gasteiger partial charge is 0.0292 e. The van der Waals surface area contributed by atoms with Crippen molar-refractivity contribution in [1.29, 1.82) is 0 Å². The fourth-order valence-electron chi connectivity index (χ4n) is 3.68. The molecule has 0 bridgehead atoms. The molecule has 0 radical (unpaired) electrons. The predicted octanol–water partition coefficient (Wildman–Crippen LogP) is 5.71. The van der Waals surface area contributed by atoms with Crippen LogP contribution < -0.4 is 5.32 Å². The van der Waals surface area contributed by atoms with Crippen LogP contribution in [0.5, 0.6) is 0 Å². The summed E-state index contributed by atoms with van der Waals surface area (Å²) in [7, 11) is 0. The van der Waals surface area contributed by atoms with E-state index in [1.54, 1.807) is 0 Å². The van der Waals surface area contributed by atoms with Crippen molar-refractivity contribution in [2.24, 2.45) is 11.3 Å². The van der Waals surface area contributed by atoms with Gasteiger partial charge in [-0.1, -0.05) is 54.8 Å².